The number of fused-ring (bicyclic) bond motifs is 10. The standard InChI is InChI=1S/C52H30N4S2/c1-3-11-32(12-4-1)49-40-26-28-45-48(39-16-8-10-18-44(39)57-45)47(40)41-29-35(24-27-42(41)53-49)31-19-21-34(22-20-31)51-54-50(33-13-5-2-6-14-33)55-52(56-51)36-23-25-38-37-15-7-9-17-43(37)58-46(38)30-36/h1-30H. The maximum Gasteiger partial charge on any atom is 0.164 e. The van der Waals surface area contributed by atoms with E-state index in [4.69, 9.17) is 19.9 Å². The molecule has 0 aliphatic heterocycles. The predicted molar refractivity (Wildman–Crippen MR) is 246 cm³/mol. The molecule has 0 saturated heterocycles. The summed E-state index contributed by atoms with van der Waals surface area (Å²) in [5, 5.41) is 8.66. The molecular formula is C52H30N4S2. The SMILES string of the molecule is c1ccc(-c2nc(-c3ccc(-c4ccc5nc(-c6ccccc6)c6ccc7sc8ccccc8c7c6c5c4)cc3)nc(-c3ccc4c(c3)sc3ccccc34)n2)cc1. The van der Waals surface area contributed by atoms with E-state index in [1.54, 1.807) is 11.3 Å². The van der Waals surface area contributed by atoms with Gasteiger partial charge < -0.3 is 0 Å². The highest BCUT2D eigenvalue weighted by atomic mass is 32.1. The van der Waals surface area contributed by atoms with Crippen LogP contribution in [0.15, 0.2) is 182 Å². The summed E-state index contributed by atoms with van der Waals surface area (Å²) < 4.78 is 5.07. The molecule has 12 rings (SSSR count). The van der Waals surface area contributed by atoms with Gasteiger partial charge in [0, 0.05) is 78.8 Å². The molecule has 0 spiro atoms. The zero-order valence-electron chi connectivity index (χ0n) is 30.9. The second-order valence-corrected chi connectivity index (χ2v) is 16.7. The summed E-state index contributed by atoms with van der Waals surface area (Å²) in [4.78, 5) is 20.5. The van der Waals surface area contributed by atoms with Crippen molar-refractivity contribution in [1.29, 1.82) is 0 Å². The molecule has 0 amide bonds. The van der Waals surface area contributed by atoms with Crippen molar-refractivity contribution in [1.82, 2.24) is 19.9 Å². The van der Waals surface area contributed by atoms with E-state index in [0.717, 1.165) is 55.4 Å². The minimum absolute atomic E-state index is 0.640. The molecule has 0 bridgehead atoms. The zero-order valence-corrected chi connectivity index (χ0v) is 32.6. The predicted octanol–water partition coefficient (Wildman–Crippen LogP) is 14.6. The average Bonchev–Trinajstić information content (AvgIpc) is 3.87. The summed E-state index contributed by atoms with van der Waals surface area (Å²) in [6.07, 6.45) is 0. The van der Waals surface area contributed by atoms with Gasteiger partial charge in [-0.15, -0.1) is 22.7 Å². The molecule has 6 heteroatoms. The first-order chi connectivity index (χ1) is 28.7. The molecule has 0 unspecified atom stereocenters. The van der Waals surface area contributed by atoms with Gasteiger partial charge in [0.2, 0.25) is 0 Å². The van der Waals surface area contributed by atoms with Crippen molar-refractivity contribution < 1.29 is 0 Å². The first-order valence-electron chi connectivity index (χ1n) is 19.3. The van der Waals surface area contributed by atoms with Gasteiger partial charge in [-0.05, 0) is 47.5 Å². The first kappa shape index (κ1) is 33.1. The van der Waals surface area contributed by atoms with E-state index in [1.165, 1.54) is 45.7 Å². The number of thiophene rings is 2. The first-order valence-corrected chi connectivity index (χ1v) is 20.9. The molecule has 0 fully saturated rings. The highest BCUT2D eigenvalue weighted by molar-refractivity contribution is 7.26. The normalized spacial score (nSPS) is 11.8. The van der Waals surface area contributed by atoms with Crippen molar-refractivity contribution in [2.24, 2.45) is 0 Å². The van der Waals surface area contributed by atoms with Crippen LogP contribution in [0.2, 0.25) is 0 Å². The van der Waals surface area contributed by atoms with Crippen molar-refractivity contribution in [2.45, 2.75) is 0 Å². The van der Waals surface area contributed by atoms with Crippen LogP contribution in [0.25, 0.3) is 119 Å². The monoisotopic (exact) mass is 774 g/mol. The van der Waals surface area contributed by atoms with Crippen LogP contribution in [0.3, 0.4) is 0 Å². The zero-order chi connectivity index (χ0) is 38.2. The minimum Gasteiger partial charge on any atom is -0.247 e. The van der Waals surface area contributed by atoms with Gasteiger partial charge in [-0.2, -0.15) is 0 Å². The molecule has 0 atom stereocenters. The Bertz CT molecular complexity index is 3560. The van der Waals surface area contributed by atoms with E-state index in [1.807, 2.05) is 29.5 Å². The number of hydrogen-bond donors (Lipinski definition) is 0. The number of benzene rings is 8. The molecule has 270 valence electrons. The number of rotatable bonds is 5. The van der Waals surface area contributed by atoms with Crippen molar-refractivity contribution in [3.63, 3.8) is 0 Å². The number of hydrogen-bond acceptors (Lipinski definition) is 6. The van der Waals surface area contributed by atoms with Gasteiger partial charge in [-0.25, -0.2) is 19.9 Å². The topological polar surface area (TPSA) is 51.6 Å². The molecule has 0 radical (unpaired) electrons. The van der Waals surface area contributed by atoms with Gasteiger partial charge in [-0.3, -0.25) is 0 Å². The number of pyridine rings is 1. The lowest BCUT2D eigenvalue weighted by molar-refractivity contribution is 1.07. The summed E-state index contributed by atoms with van der Waals surface area (Å²) in [7, 11) is 0. The Morgan fingerprint density at radius 2 is 0.810 bits per heavy atom. The lowest BCUT2D eigenvalue weighted by Gasteiger charge is -2.13. The lowest BCUT2D eigenvalue weighted by Crippen LogP contribution is -2.00. The summed E-state index contributed by atoms with van der Waals surface area (Å²) in [6.45, 7) is 0. The van der Waals surface area contributed by atoms with E-state index in [0.29, 0.717) is 17.5 Å². The Morgan fingerprint density at radius 1 is 0.276 bits per heavy atom. The van der Waals surface area contributed by atoms with Gasteiger partial charge in [0.15, 0.2) is 17.5 Å². The van der Waals surface area contributed by atoms with E-state index < -0.39 is 0 Å². The van der Waals surface area contributed by atoms with Crippen molar-refractivity contribution >= 4 is 84.7 Å². The molecule has 8 aromatic carbocycles. The molecule has 4 nitrogen and oxygen atoms in total. The molecule has 4 aromatic heterocycles. The number of nitrogens with zero attached hydrogens (tertiary/aromatic N) is 4. The number of aromatic nitrogens is 4. The quantitative estimate of drug-likeness (QED) is 0.163. The van der Waals surface area contributed by atoms with E-state index in [-0.39, 0.29) is 0 Å². The molecule has 0 aliphatic rings. The Kier molecular flexibility index (Phi) is 7.55. The Balaban J connectivity index is 0.992. The van der Waals surface area contributed by atoms with Crippen LogP contribution < -0.4 is 0 Å². The van der Waals surface area contributed by atoms with Gasteiger partial charge in [0.25, 0.3) is 0 Å². The summed E-state index contributed by atoms with van der Waals surface area (Å²) in [6, 6.07) is 64.4. The van der Waals surface area contributed by atoms with E-state index in [2.05, 4.69) is 164 Å². The molecule has 0 aliphatic carbocycles. The summed E-state index contributed by atoms with van der Waals surface area (Å²) >= 11 is 3.65. The Hall–Kier alpha value is -7.12. The second kappa shape index (κ2) is 13.2. The third-order valence-corrected chi connectivity index (χ3v) is 13.4. The Morgan fingerprint density at radius 3 is 1.57 bits per heavy atom. The van der Waals surface area contributed by atoms with Crippen LogP contribution in [0.1, 0.15) is 0 Å². The highest BCUT2D eigenvalue weighted by Crippen LogP contribution is 2.44. The van der Waals surface area contributed by atoms with Crippen LogP contribution in [0.5, 0.6) is 0 Å². The summed E-state index contributed by atoms with van der Waals surface area (Å²) in [5.74, 6) is 1.95. The lowest BCUT2D eigenvalue weighted by atomic mass is 9.94. The van der Waals surface area contributed by atoms with Crippen LogP contribution in [0, 0.1) is 0 Å². The van der Waals surface area contributed by atoms with E-state index in [9.17, 15) is 0 Å². The van der Waals surface area contributed by atoms with Crippen LogP contribution in [-0.2, 0) is 0 Å². The van der Waals surface area contributed by atoms with E-state index >= 15 is 0 Å². The van der Waals surface area contributed by atoms with Gasteiger partial charge >= 0.3 is 0 Å². The summed E-state index contributed by atoms with van der Waals surface area (Å²) in [5.41, 5.74) is 8.19. The molecular weight excluding hydrogens is 745 g/mol. The van der Waals surface area contributed by atoms with Gasteiger partial charge in [0.05, 0.1) is 11.2 Å². The average molecular weight is 775 g/mol. The maximum atomic E-state index is 5.31. The minimum atomic E-state index is 0.640. The smallest absolute Gasteiger partial charge is 0.164 e. The maximum absolute atomic E-state index is 5.31. The molecule has 4 heterocycles. The van der Waals surface area contributed by atoms with Crippen LogP contribution in [-0.4, -0.2) is 19.9 Å². The Labute approximate surface area is 341 Å². The molecule has 0 N–H and O–H groups in total. The highest BCUT2D eigenvalue weighted by Gasteiger charge is 2.18. The van der Waals surface area contributed by atoms with Crippen LogP contribution >= 0.6 is 22.7 Å². The van der Waals surface area contributed by atoms with Crippen molar-refractivity contribution in [3.05, 3.63) is 182 Å². The van der Waals surface area contributed by atoms with Crippen molar-refractivity contribution in [3.8, 4) is 56.5 Å². The third kappa shape index (κ3) is 5.41. The second-order valence-electron chi connectivity index (χ2n) is 14.6. The van der Waals surface area contributed by atoms with Gasteiger partial charge in [-0.1, -0.05) is 146 Å². The van der Waals surface area contributed by atoms with Gasteiger partial charge in [0.1, 0.15) is 0 Å². The molecule has 58 heavy (non-hydrogen) atoms. The third-order valence-electron chi connectivity index (χ3n) is 11.1. The van der Waals surface area contributed by atoms with Crippen LogP contribution in [0.4, 0.5) is 0 Å². The fourth-order valence-corrected chi connectivity index (χ4v) is 10.6. The molecule has 12 aromatic rings. The molecule has 0 saturated carbocycles. The fraction of sp³-hybridized carbons (Fsp3) is 0. The fourth-order valence-electron chi connectivity index (χ4n) is 8.33. The van der Waals surface area contributed by atoms with Crippen molar-refractivity contribution in [2.75, 3.05) is 0 Å². The largest absolute Gasteiger partial charge is 0.247 e.